The van der Waals surface area contributed by atoms with Gasteiger partial charge in [-0.05, 0) is 45.1 Å². The van der Waals surface area contributed by atoms with Gasteiger partial charge in [0.05, 0.1) is 6.10 Å². The van der Waals surface area contributed by atoms with Gasteiger partial charge in [-0.1, -0.05) is 26.2 Å². The van der Waals surface area contributed by atoms with E-state index in [-0.39, 0.29) is 6.10 Å². The third-order valence-electron chi connectivity index (χ3n) is 5.60. The molecular weight excluding hydrogens is 236 g/mol. The zero-order valence-electron chi connectivity index (χ0n) is 12.4. The molecule has 1 saturated carbocycles. The summed E-state index contributed by atoms with van der Waals surface area (Å²) in [6, 6.07) is 2.65. The van der Waals surface area contributed by atoms with Gasteiger partial charge in [0.1, 0.15) is 0 Å². The first kappa shape index (κ1) is 13.8. The van der Waals surface area contributed by atoms with Gasteiger partial charge in [0.25, 0.3) is 0 Å². The summed E-state index contributed by atoms with van der Waals surface area (Å²) in [5.74, 6) is 0. The first-order chi connectivity index (χ1) is 9.29. The van der Waals surface area contributed by atoms with Crippen LogP contribution in [0.2, 0.25) is 0 Å². The number of rotatable bonds is 3. The molecular formula is C16H30N2O. The Labute approximate surface area is 117 Å². The zero-order valence-corrected chi connectivity index (χ0v) is 12.4. The van der Waals surface area contributed by atoms with Gasteiger partial charge in [0, 0.05) is 24.2 Å². The van der Waals surface area contributed by atoms with Gasteiger partial charge < -0.3 is 10.4 Å². The Morgan fingerprint density at radius 1 is 1.00 bits per heavy atom. The Balaban J connectivity index is 1.71. The normalized spacial score (nSPS) is 44.2. The number of aliphatic hydroxyl groups excluding tert-OH is 1. The molecule has 110 valence electrons. The van der Waals surface area contributed by atoms with Crippen molar-refractivity contribution < 1.29 is 5.11 Å². The van der Waals surface area contributed by atoms with Gasteiger partial charge >= 0.3 is 0 Å². The van der Waals surface area contributed by atoms with Crippen molar-refractivity contribution in [1.82, 2.24) is 10.2 Å². The smallest absolute Gasteiger partial charge is 0.0695 e. The van der Waals surface area contributed by atoms with Gasteiger partial charge in [0.15, 0.2) is 0 Å². The minimum atomic E-state index is -0.0625. The van der Waals surface area contributed by atoms with E-state index >= 15 is 0 Å². The summed E-state index contributed by atoms with van der Waals surface area (Å²) in [6.07, 6.45) is 11.4. The molecule has 2 heterocycles. The van der Waals surface area contributed by atoms with Crippen molar-refractivity contribution in [3.63, 3.8) is 0 Å². The second kappa shape index (κ2) is 6.11. The molecule has 0 aromatic rings. The molecule has 2 bridgehead atoms. The average Bonchev–Trinajstić information content (AvgIpc) is 2.39. The van der Waals surface area contributed by atoms with Gasteiger partial charge in [-0.15, -0.1) is 0 Å². The largest absolute Gasteiger partial charge is 0.391 e. The SMILES string of the molecule is CCNC1CC2CCCC(C1)N2C1CCCCC1O. The van der Waals surface area contributed by atoms with E-state index in [2.05, 4.69) is 17.1 Å². The van der Waals surface area contributed by atoms with E-state index in [9.17, 15) is 5.11 Å². The molecule has 3 nitrogen and oxygen atoms in total. The summed E-state index contributed by atoms with van der Waals surface area (Å²) in [5, 5.41) is 14.0. The molecule has 4 atom stereocenters. The van der Waals surface area contributed by atoms with Crippen LogP contribution in [-0.2, 0) is 0 Å². The van der Waals surface area contributed by atoms with E-state index in [0.717, 1.165) is 31.1 Å². The van der Waals surface area contributed by atoms with E-state index < -0.39 is 0 Å². The number of aliphatic hydroxyl groups is 1. The van der Waals surface area contributed by atoms with E-state index in [1.807, 2.05) is 0 Å². The highest BCUT2D eigenvalue weighted by Crippen LogP contribution is 2.39. The lowest BCUT2D eigenvalue weighted by molar-refractivity contribution is -0.0693. The monoisotopic (exact) mass is 266 g/mol. The first-order valence-electron chi connectivity index (χ1n) is 8.48. The molecule has 0 amide bonds. The predicted molar refractivity (Wildman–Crippen MR) is 78.2 cm³/mol. The quantitative estimate of drug-likeness (QED) is 0.822. The van der Waals surface area contributed by atoms with Crippen molar-refractivity contribution in [2.45, 2.75) is 95.0 Å². The molecule has 2 saturated heterocycles. The minimum absolute atomic E-state index is 0.0625. The average molecular weight is 266 g/mol. The second-order valence-corrected chi connectivity index (χ2v) is 6.83. The summed E-state index contributed by atoms with van der Waals surface area (Å²) in [5.41, 5.74) is 0. The number of hydrogen-bond acceptors (Lipinski definition) is 3. The molecule has 19 heavy (non-hydrogen) atoms. The van der Waals surface area contributed by atoms with E-state index in [1.165, 1.54) is 51.4 Å². The van der Waals surface area contributed by atoms with Gasteiger partial charge in [0.2, 0.25) is 0 Å². The molecule has 2 N–H and O–H groups in total. The number of piperidine rings is 2. The first-order valence-corrected chi connectivity index (χ1v) is 8.48. The third kappa shape index (κ3) is 2.84. The Kier molecular flexibility index (Phi) is 4.45. The predicted octanol–water partition coefficient (Wildman–Crippen LogP) is 2.28. The lowest BCUT2D eigenvalue weighted by atomic mass is 9.78. The third-order valence-corrected chi connectivity index (χ3v) is 5.60. The molecule has 0 radical (unpaired) electrons. The molecule has 1 aliphatic carbocycles. The second-order valence-electron chi connectivity index (χ2n) is 6.83. The fraction of sp³-hybridized carbons (Fsp3) is 1.00. The van der Waals surface area contributed by atoms with Crippen LogP contribution in [0.25, 0.3) is 0 Å². The molecule has 4 unspecified atom stereocenters. The summed E-state index contributed by atoms with van der Waals surface area (Å²) in [4.78, 5) is 2.75. The van der Waals surface area contributed by atoms with Crippen molar-refractivity contribution in [2.75, 3.05) is 6.54 Å². The fourth-order valence-corrected chi connectivity index (χ4v) is 4.85. The summed E-state index contributed by atoms with van der Waals surface area (Å²) in [7, 11) is 0. The Morgan fingerprint density at radius 2 is 1.68 bits per heavy atom. The number of nitrogens with zero attached hydrogens (tertiary/aromatic N) is 1. The lowest BCUT2D eigenvalue weighted by Crippen LogP contribution is -2.62. The van der Waals surface area contributed by atoms with Crippen LogP contribution in [0.4, 0.5) is 0 Å². The van der Waals surface area contributed by atoms with Crippen LogP contribution < -0.4 is 5.32 Å². The van der Waals surface area contributed by atoms with Crippen LogP contribution in [0.1, 0.15) is 64.7 Å². The highest BCUT2D eigenvalue weighted by Gasteiger charge is 2.43. The molecule has 3 heteroatoms. The Bertz CT molecular complexity index is 282. The lowest BCUT2D eigenvalue weighted by Gasteiger charge is -2.54. The number of nitrogens with one attached hydrogen (secondary N) is 1. The van der Waals surface area contributed by atoms with Crippen LogP contribution >= 0.6 is 0 Å². The maximum Gasteiger partial charge on any atom is 0.0695 e. The van der Waals surface area contributed by atoms with Crippen molar-refractivity contribution >= 4 is 0 Å². The minimum Gasteiger partial charge on any atom is -0.391 e. The fourth-order valence-electron chi connectivity index (χ4n) is 4.85. The van der Waals surface area contributed by atoms with Crippen molar-refractivity contribution in [2.24, 2.45) is 0 Å². The molecule has 3 aliphatic rings. The van der Waals surface area contributed by atoms with Gasteiger partial charge in [-0.25, -0.2) is 0 Å². The van der Waals surface area contributed by atoms with Crippen LogP contribution in [0.15, 0.2) is 0 Å². The molecule has 3 rings (SSSR count). The molecule has 0 spiro atoms. The van der Waals surface area contributed by atoms with E-state index in [0.29, 0.717) is 6.04 Å². The highest BCUT2D eigenvalue weighted by atomic mass is 16.3. The van der Waals surface area contributed by atoms with Crippen LogP contribution in [-0.4, -0.2) is 46.8 Å². The maximum atomic E-state index is 10.4. The van der Waals surface area contributed by atoms with Crippen molar-refractivity contribution in [3.8, 4) is 0 Å². The Morgan fingerprint density at radius 3 is 2.32 bits per heavy atom. The van der Waals surface area contributed by atoms with Crippen LogP contribution in [0, 0.1) is 0 Å². The van der Waals surface area contributed by atoms with E-state index in [4.69, 9.17) is 0 Å². The Hall–Kier alpha value is -0.120. The van der Waals surface area contributed by atoms with Gasteiger partial charge in [-0.2, -0.15) is 0 Å². The molecule has 0 aromatic heterocycles. The number of hydrogen-bond donors (Lipinski definition) is 2. The zero-order chi connectivity index (χ0) is 13.2. The van der Waals surface area contributed by atoms with Crippen LogP contribution in [0.3, 0.4) is 0 Å². The number of fused-ring (bicyclic) bond motifs is 2. The van der Waals surface area contributed by atoms with Crippen molar-refractivity contribution in [3.05, 3.63) is 0 Å². The van der Waals surface area contributed by atoms with Crippen LogP contribution in [0.5, 0.6) is 0 Å². The summed E-state index contributed by atoms with van der Waals surface area (Å²) in [6.45, 7) is 3.31. The molecule has 2 aliphatic heterocycles. The topological polar surface area (TPSA) is 35.5 Å². The summed E-state index contributed by atoms with van der Waals surface area (Å²) >= 11 is 0. The van der Waals surface area contributed by atoms with Crippen molar-refractivity contribution in [1.29, 1.82) is 0 Å². The standard InChI is InChI=1S/C16H30N2O/c1-2-17-12-10-13-6-5-7-14(11-12)18(13)15-8-3-4-9-16(15)19/h12-17,19H,2-11H2,1H3. The maximum absolute atomic E-state index is 10.4. The molecule has 3 fully saturated rings. The van der Waals surface area contributed by atoms with E-state index in [1.54, 1.807) is 0 Å². The summed E-state index contributed by atoms with van der Waals surface area (Å²) < 4.78 is 0. The molecule has 0 aromatic carbocycles. The van der Waals surface area contributed by atoms with Gasteiger partial charge in [-0.3, -0.25) is 4.90 Å². The highest BCUT2D eigenvalue weighted by molar-refractivity contribution is 4.99.